The Bertz CT molecular complexity index is 1250. The largest absolute Gasteiger partial charge is 0.497 e. The minimum atomic E-state index is -1.42. The molecule has 0 atom stereocenters. The van der Waals surface area contributed by atoms with Crippen LogP contribution in [-0.2, 0) is 16.9 Å². The predicted molar refractivity (Wildman–Crippen MR) is 120 cm³/mol. The number of nitrogens with zero attached hydrogens (tertiary/aromatic N) is 2. The number of carbonyl (C=O) groups excluding carboxylic acids is 2. The lowest BCUT2D eigenvalue weighted by molar-refractivity contribution is -0.130. The van der Waals surface area contributed by atoms with Gasteiger partial charge in [0.05, 0.1) is 14.2 Å². The summed E-state index contributed by atoms with van der Waals surface area (Å²) in [5, 5.41) is 2.92. The van der Waals surface area contributed by atoms with E-state index in [9.17, 15) is 9.59 Å². The second-order valence-electron chi connectivity index (χ2n) is 7.60. The zero-order chi connectivity index (χ0) is 23.0. The Morgan fingerprint density at radius 3 is 2.00 bits per heavy atom. The number of urea groups is 1. The van der Waals surface area contributed by atoms with Crippen molar-refractivity contribution in [3.63, 3.8) is 0 Å². The molecule has 0 radical (unpaired) electrons. The van der Waals surface area contributed by atoms with E-state index in [2.05, 4.69) is 10.3 Å². The molecule has 8 nitrogen and oxygen atoms in total. The minimum Gasteiger partial charge on any atom is -0.497 e. The molecule has 4 aromatic rings. The van der Waals surface area contributed by atoms with Crippen molar-refractivity contribution in [2.24, 2.45) is 0 Å². The van der Waals surface area contributed by atoms with Crippen molar-refractivity contribution in [1.29, 1.82) is 0 Å². The first kappa shape index (κ1) is 20.6. The topological polar surface area (TPSA) is 93.9 Å². The van der Waals surface area contributed by atoms with E-state index in [0.717, 1.165) is 4.90 Å². The van der Waals surface area contributed by atoms with Crippen molar-refractivity contribution in [2.75, 3.05) is 14.2 Å². The molecule has 1 aliphatic rings. The second-order valence-corrected chi connectivity index (χ2v) is 7.60. The van der Waals surface area contributed by atoms with Crippen LogP contribution in [0, 0.1) is 0 Å². The van der Waals surface area contributed by atoms with Crippen LogP contribution in [0.15, 0.2) is 77.2 Å². The van der Waals surface area contributed by atoms with Gasteiger partial charge in [-0.15, -0.1) is 0 Å². The lowest BCUT2D eigenvalue weighted by Crippen LogP contribution is -2.45. The van der Waals surface area contributed by atoms with E-state index in [0.29, 0.717) is 33.7 Å². The number of benzene rings is 3. The summed E-state index contributed by atoms with van der Waals surface area (Å²) in [6, 6.07) is 20.8. The number of ether oxygens (including phenoxy) is 2. The molecule has 1 aromatic heterocycles. The van der Waals surface area contributed by atoms with Gasteiger partial charge in [-0.05, 0) is 47.5 Å². The summed E-state index contributed by atoms with van der Waals surface area (Å²) < 4.78 is 16.3. The molecular formula is C25H21N3O5. The lowest BCUT2D eigenvalue weighted by atomic mass is 9.82. The predicted octanol–water partition coefficient (Wildman–Crippen LogP) is 3.84. The zero-order valence-corrected chi connectivity index (χ0v) is 18.1. The second kappa shape index (κ2) is 7.98. The quantitative estimate of drug-likeness (QED) is 0.455. The van der Waals surface area contributed by atoms with Crippen LogP contribution in [0.2, 0.25) is 0 Å². The highest BCUT2D eigenvalue weighted by molar-refractivity contribution is 6.09. The van der Waals surface area contributed by atoms with Gasteiger partial charge in [0, 0.05) is 0 Å². The first-order valence-corrected chi connectivity index (χ1v) is 10.3. The van der Waals surface area contributed by atoms with Gasteiger partial charge < -0.3 is 19.2 Å². The highest BCUT2D eigenvalue weighted by Gasteiger charge is 2.54. The summed E-state index contributed by atoms with van der Waals surface area (Å²) >= 11 is 0. The number of oxazole rings is 1. The summed E-state index contributed by atoms with van der Waals surface area (Å²) in [7, 11) is 3.14. The Balaban J connectivity index is 1.57. The molecule has 3 amide bonds. The Kier molecular flexibility index (Phi) is 4.97. The van der Waals surface area contributed by atoms with Crippen LogP contribution < -0.4 is 14.8 Å². The number of para-hydroxylation sites is 2. The summed E-state index contributed by atoms with van der Waals surface area (Å²) in [4.78, 5) is 32.5. The third-order valence-corrected chi connectivity index (χ3v) is 5.78. The standard InChI is InChI=1S/C25H21N3O5/c1-31-18-11-7-16(8-12-18)25(17-9-13-19(32-2)14-10-17)23(29)28(24(30)27-25)15-22-26-20-5-3-4-6-21(20)33-22/h3-14H,15H2,1-2H3,(H,27,30). The molecular weight excluding hydrogens is 422 g/mol. The normalized spacial score (nSPS) is 15.0. The van der Waals surface area contributed by atoms with Crippen LogP contribution in [0.5, 0.6) is 11.5 Å². The summed E-state index contributed by atoms with van der Waals surface area (Å²) in [5.41, 5.74) is 1.05. The molecule has 8 heteroatoms. The maximum Gasteiger partial charge on any atom is 0.326 e. The SMILES string of the molecule is COc1ccc(C2(c3ccc(OC)cc3)NC(=O)N(Cc3nc4ccccc4o3)C2=O)cc1. The Hall–Kier alpha value is -4.33. The van der Waals surface area contributed by atoms with E-state index in [1.54, 1.807) is 68.8 Å². The van der Waals surface area contributed by atoms with Crippen molar-refractivity contribution in [2.45, 2.75) is 12.1 Å². The van der Waals surface area contributed by atoms with Gasteiger partial charge in [0.15, 0.2) is 11.1 Å². The molecule has 0 spiro atoms. The first-order valence-electron chi connectivity index (χ1n) is 10.3. The smallest absolute Gasteiger partial charge is 0.326 e. The van der Waals surface area contributed by atoms with E-state index in [1.165, 1.54) is 0 Å². The molecule has 3 aromatic carbocycles. The van der Waals surface area contributed by atoms with Gasteiger partial charge >= 0.3 is 6.03 Å². The van der Waals surface area contributed by atoms with E-state index >= 15 is 0 Å². The molecule has 0 aliphatic carbocycles. The Morgan fingerprint density at radius 1 is 0.879 bits per heavy atom. The van der Waals surface area contributed by atoms with Gasteiger partial charge in [0.25, 0.3) is 5.91 Å². The van der Waals surface area contributed by atoms with Crippen molar-refractivity contribution in [3.8, 4) is 11.5 Å². The third-order valence-electron chi connectivity index (χ3n) is 5.78. The molecule has 0 bridgehead atoms. The number of carbonyl (C=O) groups is 2. The summed E-state index contributed by atoms with van der Waals surface area (Å²) in [5.74, 6) is 1.14. The van der Waals surface area contributed by atoms with Gasteiger partial charge in [-0.1, -0.05) is 36.4 Å². The van der Waals surface area contributed by atoms with Crippen molar-refractivity contribution >= 4 is 23.0 Å². The van der Waals surface area contributed by atoms with Crippen LogP contribution in [0.25, 0.3) is 11.1 Å². The van der Waals surface area contributed by atoms with E-state index in [-0.39, 0.29) is 12.4 Å². The number of imide groups is 1. The summed E-state index contributed by atoms with van der Waals surface area (Å²) in [6.07, 6.45) is 0. The van der Waals surface area contributed by atoms with Gasteiger partial charge in [0.1, 0.15) is 23.6 Å². The van der Waals surface area contributed by atoms with Gasteiger partial charge in [-0.3, -0.25) is 9.69 Å². The summed E-state index contributed by atoms with van der Waals surface area (Å²) in [6.45, 7) is -0.0899. The number of amides is 3. The van der Waals surface area contributed by atoms with Crippen molar-refractivity contribution in [3.05, 3.63) is 89.8 Å². The molecule has 5 rings (SSSR count). The van der Waals surface area contributed by atoms with Crippen LogP contribution in [0.1, 0.15) is 17.0 Å². The molecule has 33 heavy (non-hydrogen) atoms. The Labute approximate surface area is 189 Å². The van der Waals surface area contributed by atoms with Crippen molar-refractivity contribution < 1.29 is 23.5 Å². The minimum absolute atomic E-state index is 0.0899. The average Bonchev–Trinajstić information content (AvgIpc) is 3.38. The van der Waals surface area contributed by atoms with Crippen LogP contribution in [0.3, 0.4) is 0 Å². The average molecular weight is 443 g/mol. The van der Waals surface area contributed by atoms with Crippen molar-refractivity contribution in [1.82, 2.24) is 15.2 Å². The fraction of sp³-hybridized carbons (Fsp3) is 0.160. The fourth-order valence-corrected chi connectivity index (χ4v) is 4.08. The van der Waals surface area contributed by atoms with Crippen LogP contribution in [0.4, 0.5) is 4.79 Å². The van der Waals surface area contributed by atoms with E-state index in [4.69, 9.17) is 13.9 Å². The third kappa shape index (κ3) is 3.36. The maximum absolute atomic E-state index is 13.9. The highest BCUT2D eigenvalue weighted by atomic mass is 16.5. The number of methoxy groups -OCH3 is 2. The number of aromatic nitrogens is 1. The molecule has 1 N–H and O–H groups in total. The van der Waals surface area contributed by atoms with E-state index < -0.39 is 17.5 Å². The molecule has 166 valence electrons. The number of fused-ring (bicyclic) bond motifs is 1. The van der Waals surface area contributed by atoms with Gasteiger partial charge in [-0.25, -0.2) is 9.78 Å². The number of hydrogen-bond acceptors (Lipinski definition) is 6. The molecule has 0 unspecified atom stereocenters. The maximum atomic E-state index is 13.9. The van der Waals surface area contributed by atoms with Gasteiger partial charge in [0.2, 0.25) is 5.89 Å². The van der Waals surface area contributed by atoms with Crippen LogP contribution in [-0.4, -0.2) is 36.0 Å². The monoisotopic (exact) mass is 443 g/mol. The Morgan fingerprint density at radius 2 is 1.45 bits per heavy atom. The van der Waals surface area contributed by atoms with Gasteiger partial charge in [-0.2, -0.15) is 0 Å². The molecule has 1 aliphatic heterocycles. The number of hydrogen-bond donors (Lipinski definition) is 1. The molecule has 1 fully saturated rings. The molecule has 1 saturated heterocycles. The van der Waals surface area contributed by atoms with Crippen LogP contribution >= 0.6 is 0 Å². The number of rotatable bonds is 6. The first-order chi connectivity index (χ1) is 16.0. The lowest BCUT2D eigenvalue weighted by Gasteiger charge is -2.28. The number of nitrogens with one attached hydrogen (secondary N) is 1. The highest BCUT2D eigenvalue weighted by Crippen LogP contribution is 2.38. The molecule has 2 heterocycles. The van der Waals surface area contributed by atoms with E-state index in [1.807, 2.05) is 18.2 Å². The molecule has 0 saturated carbocycles. The zero-order valence-electron chi connectivity index (χ0n) is 18.1. The fourth-order valence-electron chi connectivity index (χ4n) is 4.08.